The van der Waals surface area contributed by atoms with E-state index in [1.807, 2.05) is 42.5 Å². The maximum absolute atomic E-state index is 6.00. The van der Waals surface area contributed by atoms with E-state index in [9.17, 15) is 0 Å². The quantitative estimate of drug-likeness (QED) is 0.543. The van der Waals surface area contributed by atoms with Crippen LogP contribution in [-0.4, -0.2) is 21.6 Å². The van der Waals surface area contributed by atoms with Gasteiger partial charge in [-0.25, -0.2) is 4.98 Å². The van der Waals surface area contributed by atoms with E-state index in [1.165, 1.54) is 0 Å². The Balaban J connectivity index is 1.65. The largest absolute Gasteiger partial charge is 0.362 e. The zero-order chi connectivity index (χ0) is 16.9. The Bertz CT molecular complexity index is 845. The van der Waals surface area contributed by atoms with Crippen molar-refractivity contribution in [3.8, 4) is 0 Å². The van der Waals surface area contributed by atoms with Crippen LogP contribution >= 0.6 is 35.6 Å². The van der Waals surface area contributed by atoms with Gasteiger partial charge in [0.15, 0.2) is 10.3 Å². The first-order chi connectivity index (χ1) is 11.6. The Morgan fingerprint density at radius 3 is 2.79 bits per heavy atom. The van der Waals surface area contributed by atoms with Gasteiger partial charge in [0, 0.05) is 22.2 Å². The van der Waals surface area contributed by atoms with Crippen molar-refractivity contribution in [2.45, 2.75) is 23.4 Å². The van der Waals surface area contributed by atoms with Crippen molar-refractivity contribution in [3.05, 3.63) is 47.5 Å². The molecule has 0 amide bonds. The number of aromatic amines is 1. The molecule has 0 aliphatic heterocycles. The number of anilines is 1. The Morgan fingerprint density at radius 2 is 2.04 bits per heavy atom. The van der Waals surface area contributed by atoms with Gasteiger partial charge in [0.2, 0.25) is 0 Å². The fraction of sp³-hybridized carbons (Fsp3) is 0.176. The summed E-state index contributed by atoms with van der Waals surface area (Å²) in [4.78, 5) is 8.93. The standard InChI is InChI=1S/C17H17ClN4S2/c1-2-9-19-16(23)20-12-4-6-13(7-5-12)24-17-21-14-8-3-11(18)10-15(14)22-17/h3-8,10H,2,9H2,1H3,(H,21,22)(H2,19,20,23). The summed E-state index contributed by atoms with van der Waals surface area (Å²) in [5.74, 6) is 0. The molecule has 0 spiro atoms. The van der Waals surface area contributed by atoms with E-state index >= 15 is 0 Å². The van der Waals surface area contributed by atoms with Crippen LogP contribution in [0.4, 0.5) is 5.69 Å². The number of thiocarbonyl (C=S) groups is 1. The lowest BCUT2D eigenvalue weighted by Gasteiger charge is -2.09. The molecule has 0 saturated heterocycles. The van der Waals surface area contributed by atoms with Gasteiger partial charge in [0.25, 0.3) is 0 Å². The number of hydrogen-bond acceptors (Lipinski definition) is 3. The third-order valence-corrected chi connectivity index (χ3v) is 4.66. The fourth-order valence-corrected chi connectivity index (χ4v) is 3.33. The van der Waals surface area contributed by atoms with Crippen molar-refractivity contribution in [3.63, 3.8) is 0 Å². The van der Waals surface area contributed by atoms with E-state index in [1.54, 1.807) is 11.8 Å². The number of hydrogen-bond donors (Lipinski definition) is 3. The van der Waals surface area contributed by atoms with E-state index in [-0.39, 0.29) is 0 Å². The van der Waals surface area contributed by atoms with Gasteiger partial charge in [-0.1, -0.05) is 30.3 Å². The average Bonchev–Trinajstić information content (AvgIpc) is 2.96. The van der Waals surface area contributed by atoms with Gasteiger partial charge in [0.05, 0.1) is 11.0 Å². The Hall–Kier alpha value is -1.76. The predicted molar refractivity (Wildman–Crippen MR) is 106 cm³/mol. The SMILES string of the molecule is CCCNC(=S)Nc1ccc(Sc2nc3ccc(Cl)cc3[nH]2)cc1. The lowest BCUT2D eigenvalue weighted by Crippen LogP contribution is -2.28. The monoisotopic (exact) mass is 376 g/mol. The Morgan fingerprint density at radius 1 is 1.25 bits per heavy atom. The molecule has 0 aliphatic rings. The fourth-order valence-electron chi connectivity index (χ4n) is 2.14. The van der Waals surface area contributed by atoms with E-state index in [0.717, 1.165) is 39.7 Å². The van der Waals surface area contributed by atoms with Gasteiger partial charge in [0.1, 0.15) is 0 Å². The molecule has 4 nitrogen and oxygen atoms in total. The number of halogens is 1. The van der Waals surface area contributed by atoms with E-state index in [2.05, 4.69) is 27.5 Å². The second-order valence-corrected chi connectivity index (χ2v) is 7.12. The van der Waals surface area contributed by atoms with Crippen molar-refractivity contribution < 1.29 is 0 Å². The number of nitrogens with zero attached hydrogens (tertiary/aromatic N) is 1. The molecule has 0 radical (unpaired) electrons. The zero-order valence-electron chi connectivity index (χ0n) is 13.1. The first kappa shape index (κ1) is 17.1. The molecule has 0 aliphatic carbocycles. The van der Waals surface area contributed by atoms with Crippen LogP contribution in [0.1, 0.15) is 13.3 Å². The molecule has 0 saturated carbocycles. The zero-order valence-corrected chi connectivity index (χ0v) is 15.5. The number of aromatic nitrogens is 2. The summed E-state index contributed by atoms with van der Waals surface area (Å²) < 4.78 is 0. The number of benzene rings is 2. The molecule has 24 heavy (non-hydrogen) atoms. The lowest BCUT2D eigenvalue weighted by molar-refractivity contribution is 0.846. The molecular formula is C17H17ClN4S2. The van der Waals surface area contributed by atoms with Crippen LogP contribution < -0.4 is 10.6 Å². The number of nitrogens with one attached hydrogen (secondary N) is 3. The molecule has 1 aromatic heterocycles. The first-order valence-corrected chi connectivity index (χ1v) is 9.22. The summed E-state index contributed by atoms with van der Waals surface area (Å²) in [6, 6.07) is 13.7. The van der Waals surface area contributed by atoms with Crippen LogP contribution in [0.3, 0.4) is 0 Å². The van der Waals surface area contributed by atoms with Gasteiger partial charge in [-0.15, -0.1) is 0 Å². The molecule has 1 heterocycles. The highest BCUT2D eigenvalue weighted by Gasteiger charge is 2.05. The molecular weight excluding hydrogens is 360 g/mol. The predicted octanol–water partition coefficient (Wildman–Crippen LogP) is 5.06. The van der Waals surface area contributed by atoms with Crippen LogP contribution in [0.5, 0.6) is 0 Å². The summed E-state index contributed by atoms with van der Waals surface area (Å²) in [6.07, 6.45) is 1.04. The highest BCUT2D eigenvalue weighted by molar-refractivity contribution is 7.99. The van der Waals surface area contributed by atoms with Gasteiger partial charge < -0.3 is 15.6 Å². The van der Waals surface area contributed by atoms with Gasteiger partial charge in [-0.2, -0.15) is 0 Å². The van der Waals surface area contributed by atoms with Crippen molar-refractivity contribution in [1.82, 2.24) is 15.3 Å². The van der Waals surface area contributed by atoms with E-state index in [0.29, 0.717) is 10.1 Å². The molecule has 124 valence electrons. The minimum Gasteiger partial charge on any atom is -0.362 e. The number of fused-ring (bicyclic) bond motifs is 1. The van der Waals surface area contributed by atoms with Gasteiger partial charge in [-0.05, 0) is 61.1 Å². The van der Waals surface area contributed by atoms with Crippen molar-refractivity contribution in [2.24, 2.45) is 0 Å². The van der Waals surface area contributed by atoms with Crippen LogP contribution in [-0.2, 0) is 0 Å². The second-order valence-electron chi connectivity index (χ2n) is 5.21. The van der Waals surface area contributed by atoms with E-state index in [4.69, 9.17) is 23.8 Å². The van der Waals surface area contributed by atoms with Crippen molar-refractivity contribution in [2.75, 3.05) is 11.9 Å². The van der Waals surface area contributed by atoms with Crippen LogP contribution in [0, 0.1) is 0 Å². The second kappa shape index (κ2) is 7.88. The Labute approximate surface area is 155 Å². The molecule has 2 aromatic carbocycles. The number of rotatable bonds is 5. The summed E-state index contributed by atoms with van der Waals surface area (Å²) in [7, 11) is 0. The van der Waals surface area contributed by atoms with Crippen molar-refractivity contribution >= 4 is 57.4 Å². The van der Waals surface area contributed by atoms with Crippen molar-refractivity contribution in [1.29, 1.82) is 0 Å². The van der Waals surface area contributed by atoms with E-state index < -0.39 is 0 Å². The first-order valence-electron chi connectivity index (χ1n) is 7.62. The smallest absolute Gasteiger partial charge is 0.171 e. The highest BCUT2D eigenvalue weighted by Crippen LogP contribution is 2.28. The molecule has 0 atom stereocenters. The Kier molecular flexibility index (Phi) is 5.60. The number of imidazole rings is 1. The number of H-pyrrole nitrogens is 1. The summed E-state index contributed by atoms with van der Waals surface area (Å²) >= 11 is 12.8. The van der Waals surface area contributed by atoms with Crippen LogP contribution in [0.2, 0.25) is 5.02 Å². The minimum atomic E-state index is 0.645. The average molecular weight is 377 g/mol. The normalized spacial score (nSPS) is 10.8. The lowest BCUT2D eigenvalue weighted by atomic mass is 10.3. The molecule has 0 bridgehead atoms. The third kappa shape index (κ3) is 4.41. The summed E-state index contributed by atoms with van der Waals surface area (Å²) in [6.45, 7) is 2.98. The minimum absolute atomic E-state index is 0.645. The molecule has 7 heteroatoms. The molecule has 0 fully saturated rings. The third-order valence-electron chi connectivity index (χ3n) is 3.28. The summed E-state index contributed by atoms with van der Waals surface area (Å²) in [5.41, 5.74) is 2.81. The molecule has 3 aromatic rings. The maximum atomic E-state index is 6.00. The molecule has 0 unspecified atom stereocenters. The molecule has 3 N–H and O–H groups in total. The topological polar surface area (TPSA) is 52.7 Å². The van der Waals surface area contributed by atoms with Gasteiger partial charge >= 0.3 is 0 Å². The summed E-state index contributed by atoms with van der Waals surface area (Å²) in [5, 5.41) is 8.50. The van der Waals surface area contributed by atoms with Gasteiger partial charge in [-0.3, -0.25) is 0 Å². The highest BCUT2D eigenvalue weighted by atomic mass is 35.5. The van der Waals surface area contributed by atoms with Crippen LogP contribution in [0.25, 0.3) is 11.0 Å². The molecule has 3 rings (SSSR count). The van der Waals surface area contributed by atoms with Crippen LogP contribution in [0.15, 0.2) is 52.5 Å². The maximum Gasteiger partial charge on any atom is 0.171 e.